The number of halogens is 1. The van der Waals surface area contributed by atoms with E-state index in [1.165, 1.54) is 11.8 Å². The van der Waals surface area contributed by atoms with Crippen LogP contribution in [-0.2, 0) is 11.2 Å². The number of anilines is 1. The molecule has 0 fully saturated rings. The van der Waals surface area contributed by atoms with Crippen molar-refractivity contribution in [2.75, 3.05) is 11.1 Å². The maximum atomic E-state index is 12.7. The van der Waals surface area contributed by atoms with Crippen LogP contribution < -0.4 is 5.32 Å². The Morgan fingerprint density at radius 3 is 2.60 bits per heavy atom. The molecule has 2 aromatic rings. The summed E-state index contributed by atoms with van der Waals surface area (Å²) in [6.45, 7) is 4.22. The van der Waals surface area contributed by atoms with Gasteiger partial charge in [0.05, 0.1) is 11.0 Å². The monoisotopic (exact) mass is 373 g/mol. The van der Waals surface area contributed by atoms with Gasteiger partial charge in [-0.05, 0) is 47.7 Å². The van der Waals surface area contributed by atoms with Gasteiger partial charge in [-0.3, -0.25) is 9.59 Å². The molecule has 0 saturated heterocycles. The van der Waals surface area contributed by atoms with E-state index in [9.17, 15) is 9.59 Å². The van der Waals surface area contributed by atoms with Crippen molar-refractivity contribution in [2.45, 2.75) is 31.4 Å². The van der Waals surface area contributed by atoms with Crippen molar-refractivity contribution in [3.8, 4) is 0 Å². The fourth-order valence-corrected chi connectivity index (χ4v) is 4.19. The molecule has 0 spiro atoms. The number of ketones is 1. The van der Waals surface area contributed by atoms with Crippen LogP contribution in [0.5, 0.6) is 0 Å². The molecule has 1 aliphatic rings. The molecule has 0 aliphatic carbocycles. The zero-order valence-electron chi connectivity index (χ0n) is 14.2. The van der Waals surface area contributed by atoms with Crippen molar-refractivity contribution in [1.82, 2.24) is 0 Å². The third kappa shape index (κ3) is 4.07. The molecule has 0 bridgehead atoms. The molecule has 3 rings (SSSR count). The van der Waals surface area contributed by atoms with Crippen LogP contribution in [0.4, 0.5) is 5.69 Å². The van der Waals surface area contributed by atoms with E-state index in [-0.39, 0.29) is 16.9 Å². The summed E-state index contributed by atoms with van der Waals surface area (Å²) in [5.41, 5.74) is 3.64. The molecule has 1 atom stereocenters. The smallest absolute Gasteiger partial charge is 0.237 e. The molecule has 25 heavy (non-hydrogen) atoms. The van der Waals surface area contributed by atoms with Crippen LogP contribution >= 0.6 is 23.4 Å². The van der Waals surface area contributed by atoms with Crippen LogP contribution in [0.15, 0.2) is 42.5 Å². The lowest BCUT2D eigenvalue weighted by Gasteiger charge is -2.18. The van der Waals surface area contributed by atoms with Crippen molar-refractivity contribution in [1.29, 1.82) is 0 Å². The van der Waals surface area contributed by atoms with E-state index in [1.54, 1.807) is 24.3 Å². The number of fused-ring (bicyclic) bond motifs is 1. The van der Waals surface area contributed by atoms with E-state index in [4.69, 9.17) is 11.6 Å². The average molecular weight is 374 g/mol. The van der Waals surface area contributed by atoms with Gasteiger partial charge in [0.15, 0.2) is 5.78 Å². The second-order valence-electron chi connectivity index (χ2n) is 6.45. The molecule has 0 saturated carbocycles. The topological polar surface area (TPSA) is 46.2 Å². The van der Waals surface area contributed by atoms with E-state index in [0.717, 1.165) is 16.7 Å². The van der Waals surface area contributed by atoms with E-state index in [2.05, 4.69) is 25.2 Å². The van der Waals surface area contributed by atoms with Crippen molar-refractivity contribution in [3.63, 3.8) is 0 Å². The highest BCUT2D eigenvalue weighted by molar-refractivity contribution is 8.01. The zero-order valence-corrected chi connectivity index (χ0v) is 15.8. The third-order valence-corrected chi connectivity index (χ3v) is 5.81. The van der Waals surface area contributed by atoms with Crippen molar-refractivity contribution >= 4 is 40.7 Å². The van der Waals surface area contributed by atoms with Gasteiger partial charge in [0.25, 0.3) is 0 Å². The summed E-state index contributed by atoms with van der Waals surface area (Å²) < 4.78 is 0. The van der Waals surface area contributed by atoms with Crippen molar-refractivity contribution in [3.05, 3.63) is 64.2 Å². The Hall–Kier alpha value is -1.78. The standard InChI is InChI=1S/C20H20ClNO2S/c1-12(2)15-4-3-5-16-17(15)10-19(25-11-18(16)23)20(24)22-14-8-6-13(21)7-9-14/h3-9,12,19H,10-11H2,1-2H3,(H,22,24). The summed E-state index contributed by atoms with van der Waals surface area (Å²) in [6.07, 6.45) is 0.569. The first-order valence-electron chi connectivity index (χ1n) is 8.28. The second-order valence-corrected chi connectivity index (χ2v) is 8.08. The molecule has 1 unspecified atom stereocenters. The fraction of sp³-hybridized carbons (Fsp3) is 0.300. The lowest BCUT2D eigenvalue weighted by atomic mass is 9.89. The minimum Gasteiger partial charge on any atom is -0.325 e. The van der Waals surface area contributed by atoms with Crippen LogP contribution in [0.2, 0.25) is 5.02 Å². The summed E-state index contributed by atoms with van der Waals surface area (Å²) in [5.74, 6) is 0.662. The fourth-order valence-electron chi connectivity index (χ4n) is 3.06. The number of Topliss-reactive ketones (excluding diaryl/α,β-unsaturated/α-hetero) is 1. The molecule has 130 valence electrons. The summed E-state index contributed by atoms with van der Waals surface area (Å²) in [7, 11) is 0. The van der Waals surface area contributed by atoms with Crippen LogP contribution in [0.25, 0.3) is 0 Å². The van der Waals surface area contributed by atoms with Gasteiger partial charge >= 0.3 is 0 Å². The number of hydrogen-bond acceptors (Lipinski definition) is 3. The van der Waals surface area contributed by atoms with Crippen LogP contribution in [0, 0.1) is 0 Å². The maximum Gasteiger partial charge on any atom is 0.237 e. The number of carbonyl (C=O) groups is 2. The summed E-state index contributed by atoms with van der Waals surface area (Å²) in [5, 5.41) is 3.27. The van der Waals surface area contributed by atoms with Gasteiger partial charge in [-0.15, -0.1) is 11.8 Å². The molecule has 0 aromatic heterocycles. The number of rotatable bonds is 3. The number of nitrogens with one attached hydrogen (secondary N) is 1. The van der Waals surface area contributed by atoms with Gasteiger partial charge in [0.2, 0.25) is 5.91 Å². The normalized spacial score (nSPS) is 17.1. The summed E-state index contributed by atoms with van der Waals surface area (Å²) >= 11 is 7.30. The van der Waals surface area contributed by atoms with Gasteiger partial charge in [0.1, 0.15) is 0 Å². The highest BCUT2D eigenvalue weighted by Gasteiger charge is 2.29. The Bertz CT molecular complexity index is 802. The maximum absolute atomic E-state index is 12.7. The molecule has 1 N–H and O–H groups in total. The van der Waals surface area contributed by atoms with Crippen LogP contribution in [0.1, 0.15) is 41.3 Å². The Morgan fingerprint density at radius 2 is 1.92 bits per heavy atom. The minimum atomic E-state index is -0.291. The van der Waals surface area contributed by atoms with E-state index >= 15 is 0 Å². The van der Waals surface area contributed by atoms with Crippen LogP contribution in [-0.4, -0.2) is 22.7 Å². The highest BCUT2D eigenvalue weighted by Crippen LogP contribution is 2.31. The van der Waals surface area contributed by atoms with Gasteiger partial charge in [-0.25, -0.2) is 0 Å². The average Bonchev–Trinajstić information content (AvgIpc) is 2.76. The third-order valence-electron chi connectivity index (χ3n) is 4.34. The van der Waals surface area contributed by atoms with Crippen molar-refractivity contribution in [2.24, 2.45) is 0 Å². The highest BCUT2D eigenvalue weighted by atomic mass is 35.5. The molecule has 1 aliphatic heterocycles. The molecule has 2 aromatic carbocycles. The van der Waals surface area contributed by atoms with Crippen molar-refractivity contribution < 1.29 is 9.59 Å². The lowest BCUT2D eigenvalue weighted by molar-refractivity contribution is -0.115. The van der Waals surface area contributed by atoms with Gasteiger partial charge in [0, 0.05) is 16.3 Å². The van der Waals surface area contributed by atoms with E-state index in [0.29, 0.717) is 28.8 Å². The van der Waals surface area contributed by atoms with Gasteiger partial charge in [-0.2, -0.15) is 0 Å². The van der Waals surface area contributed by atoms with Gasteiger partial charge < -0.3 is 5.32 Å². The number of benzene rings is 2. The molecule has 5 heteroatoms. The lowest BCUT2D eigenvalue weighted by Crippen LogP contribution is -2.27. The number of carbonyl (C=O) groups excluding carboxylic acids is 2. The molecule has 3 nitrogen and oxygen atoms in total. The summed E-state index contributed by atoms with van der Waals surface area (Å²) in [6, 6.07) is 12.9. The molecular formula is C20H20ClNO2S. The number of amides is 1. The van der Waals surface area contributed by atoms with E-state index in [1.807, 2.05) is 12.1 Å². The largest absolute Gasteiger partial charge is 0.325 e. The zero-order chi connectivity index (χ0) is 18.0. The summed E-state index contributed by atoms with van der Waals surface area (Å²) in [4.78, 5) is 25.2. The SMILES string of the molecule is CC(C)c1cccc2c1CC(C(=O)Nc1ccc(Cl)cc1)SCC2=O. The van der Waals surface area contributed by atoms with E-state index < -0.39 is 0 Å². The first-order chi connectivity index (χ1) is 12.0. The van der Waals surface area contributed by atoms with Crippen LogP contribution in [0.3, 0.4) is 0 Å². The minimum absolute atomic E-state index is 0.0773. The van der Waals surface area contributed by atoms with Gasteiger partial charge in [-0.1, -0.05) is 43.6 Å². The predicted molar refractivity (Wildman–Crippen MR) is 105 cm³/mol. The Balaban J connectivity index is 1.85. The Labute approximate surface area is 157 Å². The molecular weight excluding hydrogens is 354 g/mol. The quantitative estimate of drug-likeness (QED) is 0.828. The first kappa shape index (κ1) is 18.0. The Morgan fingerprint density at radius 1 is 1.20 bits per heavy atom. The molecule has 1 amide bonds. The number of thioether (sulfide) groups is 1. The predicted octanol–water partition coefficient (Wildman–Crippen LogP) is 4.94. The first-order valence-corrected chi connectivity index (χ1v) is 9.71. The molecule has 1 heterocycles. The second kappa shape index (κ2) is 7.63. The molecule has 0 radical (unpaired) electrons. The number of hydrogen-bond donors (Lipinski definition) is 1. The Kier molecular flexibility index (Phi) is 5.50.